The zero-order valence-corrected chi connectivity index (χ0v) is 17.4. The number of amides is 2. The molecule has 0 aromatic heterocycles. The number of ether oxygens (including phenoxy) is 2. The number of carbonyl (C=O) groups excluding carboxylic acids is 2. The third-order valence-electron chi connectivity index (χ3n) is 4.57. The molecular formula is C22H21N3O4S. The van der Waals surface area contributed by atoms with Gasteiger partial charge in [-0.05, 0) is 29.8 Å². The smallest absolute Gasteiger partial charge is 0.234 e. The molecule has 1 atom stereocenters. The highest BCUT2D eigenvalue weighted by atomic mass is 32.2. The molecule has 7 nitrogen and oxygen atoms in total. The molecular weight excluding hydrogens is 402 g/mol. The van der Waals surface area contributed by atoms with E-state index in [0.717, 1.165) is 17.3 Å². The largest absolute Gasteiger partial charge is 0.493 e. The van der Waals surface area contributed by atoms with E-state index in [1.54, 1.807) is 31.4 Å². The summed E-state index contributed by atoms with van der Waals surface area (Å²) in [5.74, 6) is 0.293. The molecule has 0 unspecified atom stereocenters. The molecule has 30 heavy (non-hydrogen) atoms. The SMILES string of the molecule is COc1ccc([C@H]2CC(=O)NC(SCC(=O)Nc3ccccc3)=C2C#N)cc1OC. The van der Waals surface area contributed by atoms with E-state index in [1.807, 2.05) is 24.3 Å². The van der Waals surface area contributed by atoms with Gasteiger partial charge in [0.1, 0.15) is 0 Å². The Morgan fingerprint density at radius 1 is 1.20 bits per heavy atom. The van der Waals surface area contributed by atoms with Crippen molar-refractivity contribution in [3.8, 4) is 17.6 Å². The maximum Gasteiger partial charge on any atom is 0.234 e. The minimum atomic E-state index is -0.428. The van der Waals surface area contributed by atoms with Crippen LogP contribution in [0, 0.1) is 11.3 Å². The van der Waals surface area contributed by atoms with Gasteiger partial charge in [-0.2, -0.15) is 5.26 Å². The zero-order chi connectivity index (χ0) is 21.5. The third kappa shape index (κ3) is 4.93. The predicted molar refractivity (Wildman–Crippen MR) is 115 cm³/mol. The Balaban J connectivity index is 1.80. The summed E-state index contributed by atoms with van der Waals surface area (Å²) in [6.45, 7) is 0. The Morgan fingerprint density at radius 2 is 1.93 bits per heavy atom. The first-order chi connectivity index (χ1) is 14.5. The second-order valence-electron chi connectivity index (χ2n) is 6.48. The summed E-state index contributed by atoms with van der Waals surface area (Å²) in [7, 11) is 3.07. The first-order valence-electron chi connectivity index (χ1n) is 9.19. The van der Waals surface area contributed by atoms with Crippen LogP contribution in [0.2, 0.25) is 0 Å². The van der Waals surface area contributed by atoms with E-state index in [4.69, 9.17) is 9.47 Å². The molecule has 1 aliphatic rings. The topological polar surface area (TPSA) is 100 Å². The van der Waals surface area contributed by atoms with E-state index in [1.165, 1.54) is 7.11 Å². The third-order valence-corrected chi connectivity index (χ3v) is 5.59. The molecule has 0 fully saturated rings. The van der Waals surface area contributed by atoms with E-state index in [9.17, 15) is 14.9 Å². The number of methoxy groups -OCH3 is 2. The van der Waals surface area contributed by atoms with Crippen LogP contribution in [0.4, 0.5) is 5.69 Å². The highest BCUT2D eigenvalue weighted by Gasteiger charge is 2.30. The molecule has 2 amide bonds. The highest BCUT2D eigenvalue weighted by molar-refractivity contribution is 8.03. The van der Waals surface area contributed by atoms with Crippen molar-refractivity contribution in [2.75, 3.05) is 25.3 Å². The maximum atomic E-state index is 12.3. The van der Waals surface area contributed by atoms with Crippen LogP contribution in [-0.4, -0.2) is 31.8 Å². The number of benzene rings is 2. The Morgan fingerprint density at radius 3 is 2.60 bits per heavy atom. The number of nitrogens with zero attached hydrogens (tertiary/aromatic N) is 1. The van der Waals surface area contributed by atoms with E-state index in [2.05, 4.69) is 16.7 Å². The van der Waals surface area contributed by atoms with E-state index >= 15 is 0 Å². The fraction of sp³-hybridized carbons (Fsp3) is 0.227. The van der Waals surface area contributed by atoms with E-state index in [0.29, 0.717) is 27.8 Å². The second-order valence-corrected chi connectivity index (χ2v) is 7.46. The number of carbonyl (C=O) groups is 2. The van der Waals surface area contributed by atoms with Crippen LogP contribution in [-0.2, 0) is 9.59 Å². The molecule has 0 saturated heterocycles. The summed E-state index contributed by atoms with van der Waals surface area (Å²) in [5, 5.41) is 15.7. The minimum Gasteiger partial charge on any atom is -0.493 e. The quantitative estimate of drug-likeness (QED) is 0.708. The van der Waals surface area contributed by atoms with Crippen molar-refractivity contribution in [3.63, 3.8) is 0 Å². The van der Waals surface area contributed by atoms with Gasteiger partial charge in [0.2, 0.25) is 11.8 Å². The van der Waals surface area contributed by atoms with Crippen LogP contribution in [0.5, 0.6) is 11.5 Å². The number of nitrogens with one attached hydrogen (secondary N) is 2. The lowest BCUT2D eigenvalue weighted by atomic mass is 9.87. The molecule has 0 radical (unpaired) electrons. The lowest BCUT2D eigenvalue weighted by Crippen LogP contribution is -2.31. The van der Waals surface area contributed by atoms with Crippen molar-refractivity contribution >= 4 is 29.3 Å². The molecule has 1 aliphatic heterocycles. The van der Waals surface area contributed by atoms with Crippen LogP contribution in [0.15, 0.2) is 59.1 Å². The summed E-state index contributed by atoms with van der Waals surface area (Å²) in [4.78, 5) is 24.6. The fourth-order valence-electron chi connectivity index (χ4n) is 3.14. The van der Waals surface area contributed by atoms with Crippen molar-refractivity contribution in [1.29, 1.82) is 5.26 Å². The molecule has 154 valence electrons. The van der Waals surface area contributed by atoms with Gasteiger partial charge >= 0.3 is 0 Å². The summed E-state index contributed by atoms with van der Waals surface area (Å²) >= 11 is 1.13. The van der Waals surface area contributed by atoms with Crippen molar-refractivity contribution in [2.45, 2.75) is 12.3 Å². The fourth-order valence-corrected chi connectivity index (χ4v) is 4.02. The second kappa shape index (κ2) is 9.85. The van der Waals surface area contributed by atoms with Gasteiger partial charge in [-0.1, -0.05) is 36.0 Å². The van der Waals surface area contributed by atoms with E-state index in [-0.39, 0.29) is 24.0 Å². The number of hydrogen-bond acceptors (Lipinski definition) is 6. The lowest BCUT2D eigenvalue weighted by molar-refractivity contribution is -0.121. The number of thioether (sulfide) groups is 1. The molecule has 2 N–H and O–H groups in total. The summed E-state index contributed by atoms with van der Waals surface area (Å²) in [6, 6.07) is 16.6. The van der Waals surface area contributed by atoms with Crippen LogP contribution >= 0.6 is 11.8 Å². The van der Waals surface area contributed by atoms with Gasteiger partial charge < -0.3 is 20.1 Å². The number of para-hydroxylation sites is 1. The molecule has 0 spiro atoms. The molecule has 1 heterocycles. The molecule has 0 bridgehead atoms. The highest BCUT2D eigenvalue weighted by Crippen LogP contribution is 2.39. The van der Waals surface area contributed by atoms with Crippen LogP contribution in [0.3, 0.4) is 0 Å². The standard InChI is InChI=1S/C22H21N3O4S/c1-28-18-9-8-14(10-19(18)29-2)16-11-20(26)25-22(17(16)12-23)30-13-21(27)24-15-6-4-3-5-7-15/h3-10,16H,11,13H2,1-2H3,(H,24,27)(H,25,26)/t16-/m1/s1. The van der Waals surface area contributed by atoms with Crippen LogP contribution < -0.4 is 20.1 Å². The lowest BCUT2D eigenvalue weighted by Gasteiger charge is -2.25. The first-order valence-corrected chi connectivity index (χ1v) is 10.2. The van der Waals surface area contributed by atoms with Gasteiger partial charge in [-0.3, -0.25) is 9.59 Å². The number of anilines is 1. The Hall–Kier alpha value is -3.44. The molecule has 2 aromatic rings. The molecule has 0 aliphatic carbocycles. The van der Waals surface area contributed by atoms with Crippen molar-refractivity contribution in [3.05, 3.63) is 64.7 Å². The predicted octanol–water partition coefficient (Wildman–Crippen LogP) is 3.41. The number of allylic oxidation sites excluding steroid dienone is 1. The molecule has 0 saturated carbocycles. The molecule has 3 rings (SSSR count). The van der Waals surface area contributed by atoms with Crippen molar-refractivity contribution in [1.82, 2.24) is 5.32 Å². The van der Waals surface area contributed by atoms with Crippen LogP contribution in [0.1, 0.15) is 17.9 Å². The molecule has 2 aromatic carbocycles. The maximum absolute atomic E-state index is 12.3. The Labute approximate surface area is 179 Å². The van der Waals surface area contributed by atoms with Gasteiger partial charge in [-0.25, -0.2) is 0 Å². The summed E-state index contributed by atoms with van der Waals surface area (Å²) in [5.41, 5.74) is 1.87. The average Bonchev–Trinajstić information content (AvgIpc) is 2.77. The normalized spacial score (nSPS) is 15.8. The average molecular weight is 423 g/mol. The first kappa shape index (κ1) is 21.3. The minimum absolute atomic E-state index is 0.0638. The van der Waals surface area contributed by atoms with Crippen LogP contribution in [0.25, 0.3) is 0 Å². The van der Waals surface area contributed by atoms with Gasteiger partial charge in [0, 0.05) is 18.0 Å². The van der Waals surface area contributed by atoms with Gasteiger partial charge in [0.15, 0.2) is 11.5 Å². The number of rotatable bonds is 7. The van der Waals surface area contributed by atoms with Gasteiger partial charge in [0.05, 0.1) is 36.6 Å². The summed E-state index contributed by atoms with van der Waals surface area (Å²) in [6.07, 6.45) is 0.138. The van der Waals surface area contributed by atoms with Gasteiger partial charge in [-0.15, -0.1) is 0 Å². The molecule has 8 heteroatoms. The monoisotopic (exact) mass is 423 g/mol. The number of hydrogen-bond donors (Lipinski definition) is 2. The Kier molecular flexibility index (Phi) is 6.99. The number of nitriles is 1. The van der Waals surface area contributed by atoms with E-state index < -0.39 is 5.92 Å². The summed E-state index contributed by atoms with van der Waals surface area (Å²) < 4.78 is 10.6. The van der Waals surface area contributed by atoms with Crippen molar-refractivity contribution < 1.29 is 19.1 Å². The zero-order valence-electron chi connectivity index (χ0n) is 16.6. The van der Waals surface area contributed by atoms with Crippen molar-refractivity contribution in [2.24, 2.45) is 0 Å². The Bertz CT molecular complexity index is 1010. The van der Waals surface area contributed by atoms with Gasteiger partial charge in [0.25, 0.3) is 0 Å².